The van der Waals surface area contributed by atoms with E-state index in [1.54, 1.807) is 44.0 Å². The lowest BCUT2D eigenvalue weighted by molar-refractivity contribution is -0.136. The van der Waals surface area contributed by atoms with E-state index in [4.69, 9.17) is 9.47 Å². The lowest BCUT2D eigenvalue weighted by atomic mass is 9.78. The number of benzene rings is 2. The van der Waals surface area contributed by atoms with E-state index in [1.165, 1.54) is 0 Å². The number of carbonyl (C=O) groups is 2. The number of likely N-dealkylation sites (N-methyl/N-ethyl adjacent to an activating group) is 1. The van der Waals surface area contributed by atoms with Crippen LogP contribution in [0.2, 0.25) is 0 Å². The molecule has 2 aromatic carbocycles. The number of piperidine rings is 1. The van der Waals surface area contributed by atoms with Crippen LogP contribution >= 0.6 is 11.8 Å². The van der Waals surface area contributed by atoms with E-state index in [-0.39, 0.29) is 11.8 Å². The van der Waals surface area contributed by atoms with Crippen LogP contribution in [0.15, 0.2) is 41.3 Å². The zero-order valence-corrected chi connectivity index (χ0v) is 20.8. The van der Waals surface area contributed by atoms with E-state index in [0.717, 1.165) is 36.4 Å². The fourth-order valence-corrected chi connectivity index (χ4v) is 5.53. The highest BCUT2D eigenvalue weighted by Crippen LogP contribution is 2.46. The Labute approximate surface area is 200 Å². The highest BCUT2D eigenvalue weighted by atomic mass is 32.2. The van der Waals surface area contributed by atoms with Crippen LogP contribution in [0.25, 0.3) is 0 Å². The first kappa shape index (κ1) is 23.5. The van der Waals surface area contributed by atoms with Crippen molar-refractivity contribution in [3.63, 3.8) is 0 Å². The first-order valence-electron chi connectivity index (χ1n) is 11.3. The average Bonchev–Trinajstić information content (AvgIpc) is 2.85. The van der Waals surface area contributed by atoms with Gasteiger partial charge in [0, 0.05) is 30.6 Å². The number of fused-ring (bicyclic) bond motifs is 1. The molecule has 176 valence electrons. The Kier molecular flexibility index (Phi) is 6.88. The standard InChI is InChI=1S/C26H32N2O4S/c1-16-7-6-12-28(15-16)26(30)23-19-13-21(31-3)22(32-4)14-20(19)25(29)27(2)24(23)17-8-10-18(33-5)11-9-17/h8-11,13-14,16,23-24H,6-7,12,15H2,1-5H3/t16-,23-,24-/m0/s1. The molecule has 0 saturated carbocycles. The molecule has 0 unspecified atom stereocenters. The van der Waals surface area contributed by atoms with Gasteiger partial charge in [0.25, 0.3) is 5.91 Å². The number of rotatable bonds is 5. The normalized spacial score (nSPS) is 22.7. The van der Waals surface area contributed by atoms with E-state index >= 15 is 0 Å². The second kappa shape index (κ2) is 9.67. The largest absolute Gasteiger partial charge is 0.493 e. The molecular weight excluding hydrogens is 436 g/mol. The molecule has 4 rings (SSSR count). The molecule has 7 heteroatoms. The first-order valence-corrected chi connectivity index (χ1v) is 12.6. The molecule has 0 aliphatic carbocycles. The lowest BCUT2D eigenvalue weighted by Gasteiger charge is -2.43. The summed E-state index contributed by atoms with van der Waals surface area (Å²) in [6.07, 6.45) is 4.17. The van der Waals surface area contributed by atoms with E-state index in [9.17, 15) is 9.59 Å². The number of hydrogen-bond donors (Lipinski definition) is 0. The van der Waals surface area contributed by atoms with Gasteiger partial charge in [0.05, 0.1) is 26.2 Å². The van der Waals surface area contributed by atoms with Gasteiger partial charge in [-0.3, -0.25) is 9.59 Å². The maximum absolute atomic E-state index is 14.1. The van der Waals surface area contributed by atoms with Crippen LogP contribution in [0.1, 0.15) is 53.2 Å². The topological polar surface area (TPSA) is 59.1 Å². The summed E-state index contributed by atoms with van der Waals surface area (Å²) in [5.41, 5.74) is 2.15. The van der Waals surface area contributed by atoms with Gasteiger partial charge in [0.15, 0.2) is 11.5 Å². The molecule has 0 aromatic heterocycles. The van der Waals surface area contributed by atoms with Gasteiger partial charge < -0.3 is 19.3 Å². The quantitative estimate of drug-likeness (QED) is 0.601. The van der Waals surface area contributed by atoms with Crippen LogP contribution in [0.4, 0.5) is 0 Å². The summed E-state index contributed by atoms with van der Waals surface area (Å²) in [5.74, 6) is 0.894. The molecule has 0 radical (unpaired) electrons. The zero-order chi connectivity index (χ0) is 23.7. The number of hydrogen-bond acceptors (Lipinski definition) is 5. The Bertz CT molecular complexity index is 1040. The number of carbonyl (C=O) groups excluding carboxylic acids is 2. The summed E-state index contributed by atoms with van der Waals surface area (Å²) in [4.78, 5) is 32.4. The Balaban J connectivity index is 1.87. The SMILES string of the molecule is COc1cc2c(cc1OC)[C@H](C(=O)N1CCC[C@H](C)C1)[C@H](c1ccc(SC)cc1)N(C)C2=O. The third kappa shape index (κ3) is 4.31. The number of ether oxygens (including phenoxy) is 2. The predicted octanol–water partition coefficient (Wildman–Crippen LogP) is 4.59. The van der Waals surface area contributed by atoms with Gasteiger partial charge in [-0.2, -0.15) is 0 Å². The third-order valence-electron chi connectivity index (χ3n) is 6.87. The van der Waals surface area contributed by atoms with Crippen molar-refractivity contribution in [2.45, 2.75) is 36.6 Å². The van der Waals surface area contributed by atoms with Crippen LogP contribution in [0, 0.1) is 5.92 Å². The second-order valence-corrected chi connectivity index (χ2v) is 9.82. The van der Waals surface area contributed by atoms with Gasteiger partial charge in [0.1, 0.15) is 0 Å². The monoisotopic (exact) mass is 468 g/mol. The van der Waals surface area contributed by atoms with Crippen molar-refractivity contribution < 1.29 is 19.1 Å². The van der Waals surface area contributed by atoms with Gasteiger partial charge in [-0.05, 0) is 60.4 Å². The highest BCUT2D eigenvalue weighted by Gasteiger charge is 2.45. The van der Waals surface area contributed by atoms with Crippen LogP contribution in [0.3, 0.4) is 0 Å². The second-order valence-electron chi connectivity index (χ2n) is 8.94. The minimum atomic E-state index is -0.520. The average molecular weight is 469 g/mol. The van der Waals surface area contributed by atoms with Gasteiger partial charge in [-0.15, -0.1) is 11.8 Å². The minimum Gasteiger partial charge on any atom is -0.493 e. The number of likely N-dealkylation sites (tertiary alicyclic amines) is 1. The Hall–Kier alpha value is -2.67. The van der Waals surface area contributed by atoms with Gasteiger partial charge in [-0.25, -0.2) is 0 Å². The van der Waals surface area contributed by atoms with E-state index in [0.29, 0.717) is 28.5 Å². The fourth-order valence-electron chi connectivity index (χ4n) is 5.12. The van der Waals surface area contributed by atoms with E-state index in [1.807, 2.05) is 41.5 Å². The molecule has 0 bridgehead atoms. The number of amides is 2. The zero-order valence-electron chi connectivity index (χ0n) is 20.0. The maximum Gasteiger partial charge on any atom is 0.254 e. The third-order valence-corrected chi connectivity index (χ3v) is 7.61. The summed E-state index contributed by atoms with van der Waals surface area (Å²) >= 11 is 1.67. The van der Waals surface area contributed by atoms with Crippen LogP contribution in [0.5, 0.6) is 11.5 Å². The Morgan fingerprint density at radius 2 is 1.76 bits per heavy atom. The van der Waals surface area contributed by atoms with Gasteiger partial charge >= 0.3 is 0 Å². The first-order chi connectivity index (χ1) is 15.9. The summed E-state index contributed by atoms with van der Waals surface area (Å²) < 4.78 is 11.0. The molecule has 6 nitrogen and oxygen atoms in total. The molecule has 2 aliphatic rings. The number of thioether (sulfide) groups is 1. The molecule has 33 heavy (non-hydrogen) atoms. The summed E-state index contributed by atoms with van der Waals surface area (Å²) in [5, 5.41) is 0. The van der Waals surface area contributed by atoms with Crippen molar-refractivity contribution >= 4 is 23.6 Å². The van der Waals surface area contributed by atoms with E-state index in [2.05, 4.69) is 6.92 Å². The van der Waals surface area contributed by atoms with Crippen molar-refractivity contribution in [1.29, 1.82) is 0 Å². The van der Waals surface area contributed by atoms with Crippen LogP contribution in [-0.4, -0.2) is 62.2 Å². The fraction of sp³-hybridized carbons (Fsp3) is 0.462. The Morgan fingerprint density at radius 3 is 2.36 bits per heavy atom. The maximum atomic E-state index is 14.1. The molecule has 0 spiro atoms. The minimum absolute atomic E-state index is 0.0633. The number of nitrogens with zero attached hydrogens (tertiary/aromatic N) is 2. The van der Waals surface area contributed by atoms with Crippen molar-refractivity contribution in [1.82, 2.24) is 9.80 Å². The van der Waals surface area contributed by atoms with Crippen LogP contribution < -0.4 is 9.47 Å². The number of methoxy groups -OCH3 is 2. The Morgan fingerprint density at radius 1 is 1.09 bits per heavy atom. The highest BCUT2D eigenvalue weighted by molar-refractivity contribution is 7.98. The summed E-state index contributed by atoms with van der Waals surface area (Å²) in [6, 6.07) is 11.3. The summed E-state index contributed by atoms with van der Waals surface area (Å²) in [7, 11) is 4.91. The molecule has 2 aromatic rings. The summed E-state index contributed by atoms with van der Waals surface area (Å²) in [6.45, 7) is 3.68. The molecule has 2 amide bonds. The predicted molar refractivity (Wildman–Crippen MR) is 130 cm³/mol. The lowest BCUT2D eigenvalue weighted by Crippen LogP contribution is -2.49. The van der Waals surface area contributed by atoms with Crippen molar-refractivity contribution in [3.8, 4) is 11.5 Å². The smallest absolute Gasteiger partial charge is 0.254 e. The van der Waals surface area contributed by atoms with Gasteiger partial charge in [-0.1, -0.05) is 19.1 Å². The molecule has 2 aliphatic heterocycles. The molecular formula is C26H32N2O4S. The molecule has 1 saturated heterocycles. The van der Waals surface area contributed by atoms with Crippen LogP contribution in [-0.2, 0) is 4.79 Å². The molecule has 2 heterocycles. The van der Waals surface area contributed by atoms with Crippen molar-refractivity contribution in [3.05, 3.63) is 53.1 Å². The molecule has 0 N–H and O–H groups in total. The molecule has 1 fully saturated rings. The van der Waals surface area contributed by atoms with E-state index < -0.39 is 12.0 Å². The van der Waals surface area contributed by atoms with Crippen molar-refractivity contribution in [2.75, 3.05) is 40.6 Å². The van der Waals surface area contributed by atoms with Crippen molar-refractivity contribution in [2.24, 2.45) is 5.92 Å². The molecule has 3 atom stereocenters. The van der Waals surface area contributed by atoms with Gasteiger partial charge in [0.2, 0.25) is 5.91 Å².